The molecule has 0 aromatic rings. The Morgan fingerprint density at radius 2 is 2.11 bits per heavy atom. The van der Waals surface area contributed by atoms with Gasteiger partial charge in [0.25, 0.3) is 10.1 Å². The van der Waals surface area contributed by atoms with Crippen molar-refractivity contribution in [2.75, 3.05) is 0 Å². The van der Waals surface area contributed by atoms with Crippen LogP contribution in [0, 0.1) is 10.1 Å². The number of aliphatic carboxylic acids is 1. The smallest absolute Gasteiger partial charge is 0.332 e. The molecule has 0 bridgehead atoms. The third kappa shape index (κ3) is 0.940. The summed E-state index contributed by atoms with van der Waals surface area (Å²) in [6, 6.07) is 0. The van der Waals surface area contributed by atoms with Crippen LogP contribution in [0.1, 0.15) is 0 Å². The van der Waals surface area contributed by atoms with Gasteiger partial charge >= 0.3 is 10.8 Å². The van der Waals surface area contributed by atoms with E-state index in [-0.39, 0.29) is 0 Å². The number of fused-ring (bicyclic) bond motifs is 3. The van der Waals surface area contributed by atoms with Crippen molar-refractivity contribution in [2.24, 2.45) is 0 Å². The highest BCUT2D eigenvalue weighted by molar-refractivity contribution is 8.24. The first-order chi connectivity index (χ1) is 8.16. The fourth-order valence-electron chi connectivity index (χ4n) is 2.44. The van der Waals surface area contributed by atoms with Crippen LogP contribution in [0.15, 0.2) is 12.2 Å². The van der Waals surface area contributed by atoms with Crippen molar-refractivity contribution < 1.29 is 27.8 Å². The second-order valence-corrected chi connectivity index (χ2v) is 8.76. The molecule has 4 unspecified atom stereocenters. The van der Waals surface area contributed by atoms with E-state index in [0.717, 1.165) is 6.08 Å². The molecular formula is C7H5NO7S3. The molecule has 2 heterocycles. The number of nitro groups is 1. The summed E-state index contributed by atoms with van der Waals surface area (Å²) in [6.07, 6.45) is 2.45. The van der Waals surface area contributed by atoms with E-state index in [2.05, 4.69) is 0 Å². The Labute approximate surface area is 109 Å². The minimum atomic E-state index is -4.75. The van der Waals surface area contributed by atoms with Crippen molar-refractivity contribution in [2.45, 2.75) is 18.9 Å². The lowest BCUT2D eigenvalue weighted by atomic mass is 9.90. The highest BCUT2D eigenvalue weighted by atomic mass is 32.3. The normalized spacial score (nSPS) is 47.9. The average Bonchev–Trinajstić information content (AvgIpc) is 3.07. The SMILES string of the molecule is O=C(O)C12C=CC3SC3(S(=O)(=O)O)C1([N+](=O)[O-])S2. The first-order valence-electron chi connectivity index (χ1n) is 4.58. The molecule has 2 aliphatic heterocycles. The maximum absolute atomic E-state index is 11.5. The lowest BCUT2D eigenvalue weighted by molar-refractivity contribution is -0.528. The van der Waals surface area contributed by atoms with Gasteiger partial charge in [-0.3, -0.25) is 19.5 Å². The standard InChI is InChI=1S/C7H5NO7S3/c9-4(10)5-2-1-3-6(16-3,18(13,14)15)7(5,17-5)8(11)12/h1-3H,(H,9,10)(H,13,14,15). The number of carbonyl (C=O) groups is 1. The van der Waals surface area contributed by atoms with Crippen molar-refractivity contribution in [3.63, 3.8) is 0 Å². The highest BCUT2D eigenvalue weighted by Gasteiger charge is 3.01. The molecule has 3 rings (SSSR count). The zero-order valence-corrected chi connectivity index (χ0v) is 10.8. The summed E-state index contributed by atoms with van der Waals surface area (Å²) in [7, 11) is -4.75. The van der Waals surface area contributed by atoms with Crippen LogP contribution >= 0.6 is 23.5 Å². The maximum atomic E-state index is 11.5. The highest BCUT2D eigenvalue weighted by Crippen LogP contribution is 2.83. The molecule has 0 saturated carbocycles. The Morgan fingerprint density at radius 1 is 1.50 bits per heavy atom. The average molecular weight is 311 g/mol. The van der Waals surface area contributed by atoms with Crippen LogP contribution in [0.3, 0.4) is 0 Å². The molecule has 18 heavy (non-hydrogen) atoms. The second kappa shape index (κ2) is 2.86. The molecule has 3 aliphatic rings. The summed E-state index contributed by atoms with van der Waals surface area (Å²) >= 11 is 1.14. The van der Waals surface area contributed by atoms with Crippen molar-refractivity contribution in [1.29, 1.82) is 0 Å². The molecule has 0 spiro atoms. The molecule has 2 fully saturated rings. The van der Waals surface area contributed by atoms with Crippen molar-refractivity contribution in [1.82, 2.24) is 0 Å². The van der Waals surface area contributed by atoms with Crippen LogP contribution in [0.5, 0.6) is 0 Å². The summed E-state index contributed by atoms with van der Waals surface area (Å²) in [4.78, 5) is 19.3. The quantitative estimate of drug-likeness (QED) is 0.239. The Kier molecular flexibility index (Phi) is 1.95. The monoisotopic (exact) mass is 311 g/mol. The lowest BCUT2D eigenvalue weighted by Gasteiger charge is -2.20. The minimum Gasteiger partial charge on any atom is -0.480 e. The largest absolute Gasteiger partial charge is 0.480 e. The number of thioether (sulfide) groups is 2. The Hall–Kier alpha value is -0.780. The molecule has 2 saturated heterocycles. The van der Waals surface area contributed by atoms with Gasteiger partial charge in [-0.05, 0) is 11.8 Å². The number of nitrogens with zero attached hydrogens (tertiary/aromatic N) is 1. The Balaban J connectivity index is 2.27. The summed E-state index contributed by atoms with van der Waals surface area (Å²) in [5.74, 6) is -1.48. The fourth-order valence-corrected chi connectivity index (χ4v) is 7.97. The van der Waals surface area contributed by atoms with E-state index in [1.165, 1.54) is 6.08 Å². The third-order valence-corrected chi connectivity index (χ3v) is 9.19. The van der Waals surface area contributed by atoms with Gasteiger partial charge in [0.1, 0.15) is 0 Å². The van der Waals surface area contributed by atoms with Gasteiger partial charge < -0.3 is 5.11 Å². The molecule has 0 radical (unpaired) electrons. The number of carboxylic acid groups (broad SMARTS) is 1. The molecule has 98 valence electrons. The van der Waals surface area contributed by atoms with Gasteiger partial charge in [-0.25, -0.2) is 0 Å². The molecule has 1 aliphatic carbocycles. The van der Waals surface area contributed by atoms with Gasteiger partial charge in [0.2, 0.25) is 8.83 Å². The van der Waals surface area contributed by atoms with E-state index in [1.807, 2.05) is 0 Å². The first kappa shape index (κ1) is 12.3. The van der Waals surface area contributed by atoms with Crippen LogP contribution in [0.2, 0.25) is 0 Å². The predicted octanol–water partition coefficient (Wildman–Crippen LogP) is -0.201. The predicted molar refractivity (Wildman–Crippen MR) is 62.5 cm³/mol. The van der Waals surface area contributed by atoms with Crippen LogP contribution < -0.4 is 0 Å². The van der Waals surface area contributed by atoms with Gasteiger partial charge in [-0.15, -0.1) is 11.8 Å². The summed E-state index contributed by atoms with van der Waals surface area (Å²) < 4.78 is 28.2. The van der Waals surface area contributed by atoms with Crippen molar-refractivity contribution >= 4 is 39.6 Å². The molecular weight excluding hydrogens is 306 g/mol. The zero-order chi connectivity index (χ0) is 13.6. The van der Waals surface area contributed by atoms with Crippen LogP contribution in [0.4, 0.5) is 0 Å². The third-order valence-electron chi connectivity index (χ3n) is 3.33. The van der Waals surface area contributed by atoms with Gasteiger partial charge in [-0.2, -0.15) is 8.42 Å². The van der Waals surface area contributed by atoms with Crippen molar-refractivity contribution in [3.05, 3.63) is 22.3 Å². The second-order valence-electron chi connectivity index (χ2n) is 4.08. The number of hydrogen-bond donors (Lipinski definition) is 2. The van der Waals surface area contributed by atoms with E-state index in [4.69, 9.17) is 5.11 Å². The van der Waals surface area contributed by atoms with Crippen LogP contribution in [-0.4, -0.2) is 47.9 Å². The molecule has 2 N–H and O–H groups in total. The number of rotatable bonds is 3. The van der Waals surface area contributed by atoms with E-state index in [9.17, 15) is 27.9 Å². The summed E-state index contributed by atoms with van der Waals surface area (Å²) in [6.45, 7) is 0. The number of hydrogen-bond acceptors (Lipinski definition) is 7. The molecule has 0 aromatic carbocycles. The maximum Gasteiger partial charge on any atom is 0.332 e. The lowest BCUT2D eigenvalue weighted by Crippen LogP contribution is -2.54. The van der Waals surface area contributed by atoms with Crippen LogP contribution in [0.25, 0.3) is 0 Å². The van der Waals surface area contributed by atoms with Crippen molar-refractivity contribution in [3.8, 4) is 0 Å². The molecule has 8 nitrogen and oxygen atoms in total. The topological polar surface area (TPSA) is 135 Å². The van der Waals surface area contributed by atoms with Gasteiger partial charge in [-0.1, -0.05) is 12.2 Å². The van der Waals surface area contributed by atoms with Gasteiger partial charge in [0.15, 0.2) is 0 Å². The van der Waals surface area contributed by atoms with Gasteiger partial charge in [0, 0.05) is 4.92 Å². The van der Waals surface area contributed by atoms with E-state index in [1.54, 1.807) is 0 Å². The minimum absolute atomic E-state index is 0.440. The van der Waals surface area contributed by atoms with E-state index < -0.39 is 40.0 Å². The molecule has 0 aromatic heterocycles. The zero-order valence-electron chi connectivity index (χ0n) is 8.34. The summed E-state index contributed by atoms with van der Waals surface area (Å²) in [5, 5.41) is 19.5. The van der Waals surface area contributed by atoms with E-state index in [0.29, 0.717) is 23.5 Å². The number of carboxylic acids is 1. The van der Waals surface area contributed by atoms with Gasteiger partial charge in [0.05, 0.1) is 5.25 Å². The molecule has 0 amide bonds. The van der Waals surface area contributed by atoms with Crippen LogP contribution in [-0.2, 0) is 14.9 Å². The molecule has 11 heteroatoms. The summed E-state index contributed by atoms with van der Waals surface area (Å²) in [5.41, 5.74) is 0. The first-order valence-corrected chi connectivity index (χ1v) is 7.71. The van der Waals surface area contributed by atoms with E-state index >= 15 is 0 Å². The molecule has 4 atom stereocenters. The Bertz CT molecular complexity index is 629. The Morgan fingerprint density at radius 3 is 2.56 bits per heavy atom. The fraction of sp³-hybridized carbons (Fsp3) is 0.571.